The number of benzene rings is 2. The van der Waals surface area contributed by atoms with Crippen LogP contribution in [0.2, 0.25) is 0 Å². The number of nitrogens with one attached hydrogen (secondary N) is 1. The van der Waals surface area contributed by atoms with Crippen LogP contribution in [0, 0.1) is 4.77 Å². The summed E-state index contributed by atoms with van der Waals surface area (Å²) in [5.74, 6) is 2.10. The van der Waals surface area contributed by atoms with Gasteiger partial charge in [-0.3, -0.25) is 5.10 Å². The molecule has 1 N–H and O–H groups in total. The van der Waals surface area contributed by atoms with Gasteiger partial charge in [0.15, 0.2) is 17.3 Å². The average Bonchev–Trinajstić information content (AvgIpc) is 3.09. The first kappa shape index (κ1) is 21.3. The Bertz CT molecular complexity index is 1030. The van der Waals surface area contributed by atoms with Gasteiger partial charge in [0.05, 0.1) is 17.8 Å². The maximum Gasteiger partial charge on any atom is 0.216 e. The van der Waals surface area contributed by atoms with Gasteiger partial charge in [0.25, 0.3) is 0 Å². The van der Waals surface area contributed by atoms with Gasteiger partial charge in [-0.25, -0.2) is 0 Å². The van der Waals surface area contributed by atoms with Gasteiger partial charge in [0.1, 0.15) is 6.61 Å². The molecule has 152 valence electrons. The van der Waals surface area contributed by atoms with Crippen LogP contribution in [0.5, 0.6) is 11.5 Å². The molecule has 0 aliphatic carbocycles. The fourth-order valence-corrected chi connectivity index (χ4v) is 3.52. The number of H-pyrrole nitrogens is 1. The zero-order valence-corrected chi connectivity index (χ0v) is 18.8. The summed E-state index contributed by atoms with van der Waals surface area (Å²) in [7, 11) is 1.62. The van der Waals surface area contributed by atoms with Gasteiger partial charge >= 0.3 is 0 Å². The number of hydrogen-bond donors (Lipinski definition) is 1. The number of rotatable bonds is 9. The average molecular weight is 475 g/mol. The van der Waals surface area contributed by atoms with Crippen molar-refractivity contribution >= 4 is 34.4 Å². The van der Waals surface area contributed by atoms with Crippen LogP contribution in [0.25, 0.3) is 0 Å². The van der Waals surface area contributed by atoms with Crippen molar-refractivity contribution in [1.29, 1.82) is 0 Å². The van der Waals surface area contributed by atoms with E-state index in [4.69, 9.17) is 21.7 Å². The third-order valence-electron chi connectivity index (χ3n) is 4.27. The monoisotopic (exact) mass is 474 g/mol. The van der Waals surface area contributed by atoms with E-state index in [1.165, 1.54) is 0 Å². The maximum atomic E-state index is 5.98. The normalized spacial score (nSPS) is 11.1. The van der Waals surface area contributed by atoms with Gasteiger partial charge < -0.3 is 9.47 Å². The second kappa shape index (κ2) is 10.4. The molecule has 0 fully saturated rings. The first-order valence-electron chi connectivity index (χ1n) is 9.37. The first-order valence-corrected chi connectivity index (χ1v) is 10.6. The lowest BCUT2D eigenvalue weighted by atomic mass is 10.2. The number of halogens is 1. The van der Waals surface area contributed by atoms with Crippen molar-refractivity contribution in [2.75, 3.05) is 7.11 Å². The molecule has 0 amide bonds. The van der Waals surface area contributed by atoms with Crippen LogP contribution >= 0.6 is 28.1 Å². The molecule has 6 nitrogen and oxygen atoms in total. The van der Waals surface area contributed by atoms with Crippen molar-refractivity contribution in [3.05, 3.63) is 68.7 Å². The highest BCUT2D eigenvalue weighted by Crippen LogP contribution is 2.36. The molecule has 2 aromatic carbocycles. The summed E-state index contributed by atoms with van der Waals surface area (Å²) in [4.78, 5) is 0. The van der Waals surface area contributed by atoms with Crippen molar-refractivity contribution in [2.45, 2.75) is 32.8 Å². The minimum absolute atomic E-state index is 0.453. The molecule has 1 heterocycles. The Balaban J connectivity index is 1.81. The van der Waals surface area contributed by atoms with Crippen LogP contribution in [0.4, 0.5) is 0 Å². The summed E-state index contributed by atoms with van der Waals surface area (Å²) in [5.41, 5.74) is 1.94. The van der Waals surface area contributed by atoms with E-state index >= 15 is 0 Å². The molecular formula is C21H23BrN4O2S. The van der Waals surface area contributed by atoms with Crippen molar-refractivity contribution in [1.82, 2.24) is 14.9 Å². The van der Waals surface area contributed by atoms with Gasteiger partial charge in [-0.1, -0.05) is 43.7 Å². The van der Waals surface area contributed by atoms with Crippen molar-refractivity contribution in [3.8, 4) is 11.5 Å². The Morgan fingerprint density at radius 2 is 2.07 bits per heavy atom. The van der Waals surface area contributed by atoms with Gasteiger partial charge in [0.2, 0.25) is 4.77 Å². The Kier molecular flexibility index (Phi) is 7.60. The molecule has 29 heavy (non-hydrogen) atoms. The minimum Gasteiger partial charge on any atom is -0.493 e. The van der Waals surface area contributed by atoms with Crippen LogP contribution < -0.4 is 9.47 Å². The highest BCUT2D eigenvalue weighted by atomic mass is 79.9. The number of hydrogen-bond acceptors (Lipinski definition) is 5. The Morgan fingerprint density at radius 3 is 2.79 bits per heavy atom. The molecule has 0 spiro atoms. The molecule has 8 heteroatoms. The predicted molar refractivity (Wildman–Crippen MR) is 120 cm³/mol. The Hall–Kier alpha value is -2.45. The molecular weight excluding hydrogens is 452 g/mol. The molecule has 0 atom stereocenters. The summed E-state index contributed by atoms with van der Waals surface area (Å²) >= 11 is 8.87. The van der Waals surface area contributed by atoms with E-state index < -0.39 is 0 Å². The van der Waals surface area contributed by atoms with Crippen LogP contribution in [0.1, 0.15) is 36.7 Å². The molecule has 0 aliphatic rings. The Morgan fingerprint density at radius 1 is 1.28 bits per heavy atom. The summed E-state index contributed by atoms with van der Waals surface area (Å²) in [5, 5.41) is 11.6. The maximum absolute atomic E-state index is 5.98. The fourth-order valence-electron chi connectivity index (χ4n) is 2.75. The lowest BCUT2D eigenvalue weighted by molar-refractivity contribution is 0.282. The van der Waals surface area contributed by atoms with Crippen molar-refractivity contribution < 1.29 is 9.47 Å². The van der Waals surface area contributed by atoms with Gasteiger partial charge in [-0.15, -0.1) is 0 Å². The summed E-state index contributed by atoms with van der Waals surface area (Å²) in [6.07, 6.45) is 4.66. The SMILES string of the molecule is CCCCc1n[nH]c(=S)n1/N=C/c1cc(Br)c(OCc2ccccc2)c(OC)c1. The van der Waals surface area contributed by atoms with Gasteiger partial charge in [-0.05, 0) is 57.8 Å². The fraction of sp³-hybridized carbons (Fsp3) is 0.286. The molecule has 1 aromatic heterocycles. The lowest BCUT2D eigenvalue weighted by Gasteiger charge is -2.13. The number of nitrogens with zero attached hydrogens (tertiary/aromatic N) is 3. The summed E-state index contributed by atoms with van der Waals surface area (Å²) in [6, 6.07) is 13.8. The van der Waals surface area contributed by atoms with E-state index in [1.54, 1.807) is 18.0 Å². The number of aryl methyl sites for hydroxylation is 1. The van der Waals surface area contributed by atoms with E-state index in [9.17, 15) is 0 Å². The van der Waals surface area contributed by atoms with E-state index in [2.05, 4.69) is 38.2 Å². The third-order valence-corrected chi connectivity index (χ3v) is 5.12. The predicted octanol–water partition coefficient (Wildman–Crippen LogP) is 5.52. The second-order valence-electron chi connectivity index (χ2n) is 6.41. The standard InChI is InChI=1S/C21H23BrN4O2S/c1-3-4-10-19-24-25-21(29)26(19)23-13-16-11-17(22)20(18(12-16)27-2)28-14-15-8-6-5-7-9-15/h5-9,11-13H,3-4,10,14H2,1-2H3,(H,25,29)/b23-13+. The smallest absolute Gasteiger partial charge is 0.216 e. The highest BCUT2D eigenvalue weighted by Gasteiger charge is 2.12. The minimum atomic E-state index is 0.453. The van der Waals surface area contributed by atoms with Crippen LogP contribution in [0.3, 0.4) is 0 Å². The molecule has 3 aromatic rings. The topological polar surface area (TPSA) is 64.4 Å². The summed E-state index contributed by atoms with van der Waals surface area (Å²) in [6.45, 7) is 2.59. The summed E-state index contributed by atoms with van der Waals surface area (Å²) < 4.78 is 14.4. The molecule has 0 unspecified atom stereocenters. The highest BCUT2D eigenvalue weighted by molar-refractivity contribution is 9.10. The molecule has 0 saturated carbocycles. The number of aromatic nitrogens is 3. The van der Waals surface area contributed by atoms with Crippen molar-refractivity contribution in [3.63, 3.8) is 0 Å². The molecule has 0 bridgehead atoms. The number of methoxy groups -OCH3 is 1. The molecule has 0 radical (unpaired) electrons. The van der Waals surface area contributed by atoms with Gasteiger partial charge in [-0.2, -0.15) is 14.9 Å². The lowest BCUT2D eigenvalue weighted by Crippen LogP contribution is -2.01. The zero-order chi connectivity index (χ0) is 20.6. The van der Waals surface area contributed by atoms with E-state index in [1.807, 2.05) is 42.5 Å². The molecule has 0 aliphatic heterocycles. The quantitative estimate of drug-likeness (QED) is 0.327. The zero-order valence-electron chi connectivity index (χ0n) is 16.4. The third kappa shape index (κ3) is 5.55. The number of unbranched alkanes of at least 4 members (excludes halogenated alkanes) is 1. The van der Waals surface area contributed by atoms with Crippen molar-refractivity contribution in [2.24, 2.45) is 5.10 Å². The van der Waals surface area contributed by atoms with Crippen LogP contribution in [0.15, 0.2) is 52.0 Å². The van der Waals surface area contributed by atoms with Crippen LogP contribution in [-0.2, 0) is 13.0 Å². The van der Waals surface area contributed by atoms with E-state index in [0.717, 1.165) is 40.7 Å². The van der Waals surface area contributed by atoms with E-state index in [-0.39, 0.29) is 0 Å². The number of aromatic amines is 1. The van der Waals surface area contributed by atoms with Crippen LogP contribution in [-0.4, -0.2) is 28.2 Å². The second-order valence-corrected chi connectivity index (χ2v) is 7.65. The number of ether oxygens (including phenoxy) is 2. The van der Waals surface area contributed by atoms with E-state index in [0.29, 0.717) is 22.9 Å². The van der Waals surface area contributed by atoms with Gasteiger partial charge in [0, 0.05) is 6.42 Å². The molecule has 0 saturated heterocycles. The first-order chi connectivity index (χ1) is 14.1. The largest absolute Gasteiger partial charge is 0.493 e. The Labute approximate surface area is 183 Å². The molecule has 3 rings (SSSR count).